The molecule has 0 unspecified atom stereocenters. The molecule has 0 aromatic heterocycles. The maximum atomic E-state index is 13.4. The van der Waals surface area contributed by atoms with Crippen LogP contribution in [-0.4, -0.2) is 22.9 Å². The van der Waals surface area contributed by atoms with Gasteiger partial charge in [0.1, 0.15) is 0 Å². The molecule has 4 saturated carbocycles. The summed E-state index contributed by atoms with van der Waals surface area (Å²) in [6.07, 6.45) is 5.09. The SMILES string of the molecule is C[C@H](OC(=O)C12CC3CC(CC(C3)C1)C2)C(=O)Nc1ccc(F)c([N+](=O)[O-])c1. The number of rotatable bonds is 5. The van der Waals surface area contributed by atoms with Gasteiger partial charge in [-0.2, -0.15) is 4.39 Å². The van der Waals surface area contributed by atoms with E-state index in [0.29, 0.717) is 17.8 Å². The molecule has 8 heteroatoms. The predicted molar refractivity (Wildman–Crippen MR) is 97.8 cm³/mol. The first kappa shape index (κ1) is 18.8. The van der Waals surface area contributed by atoms with Crippen LogP contribution < -0.4 is 5.32 Å². The van der Waals surface area contributed by atoms with Crippen LogP contribution in [0.25, 0.3) is 0 Å². The normalized spacial score (nSPS) is 31.3. The fraction of sp³-hybridized carbons (Fsp3) is 0.600. The van der Waals surface area contributed by atoms with Crippen LogP contribution in [0, 0.1) is 39.1 Å². The number of hydrogen-bond donors (Lipinski definition) is 1. The summed E-state index contributed by atoms with van der Waals surface area (Å²) in [6.45, 7) is 1.48. The molecule has 28 heavy (non-hydrogen) atoms. The van der Waals surface area contributed by atoms with Crippen molar-refractivity contribution in [2.75, 3.05) is 5.32 Å². The monoisotopic (exact) mass is 390 g/mol. The zero-order valence-electron chi connectivity index (χ0n) is 15.7. The number of esters is 1. The molecule has 5 rings (SSSR count). The largest absolute Gasteiger partial charge is 0.452 e. The summed E-state index contributed by atoms with van der Waals surface area (Å²) >= 11 is 0. The molecule has 4 aliphatic rings. The first-order valence-electron chi connectivity index (χ1n) is 9.71. The van der Waals surface area contributed by atoms with Crippen molar-refractivity contribution in [3.63, 3.8) is 0 Å². The molecule has 4 bridgehead atoms. The topological polar surface area (TPSA) is 98.5 Å². The molecule has 1 aromatic carbocycles. The number of carbonyl (C=O) groups excluding carboxylic acids is 2. The van der Waals surface area contributed by atoms with E-state index >= 15 is 0 Å². The summed E-state index contributed by atoms with van der Waals surface area (Å²) in [5.41, 5.74) is -1.11. The summed E-state index contributed by atoms with van der Waals surface area (Å²) < 4.78 is 18.9. The second kappa shape index (κ2) is 6.83. The zero-order chi connectivity index (χ0) is 20.1. The Bertz CT molecular complexity index is 805. The highest BCUT2D eigenvalue weighted by molar-refractivity contribution is 5.95. The number of benzene rings is 1. The van der Waals surface area contributed by atoms with Crippen molar-refractivity contribution in [2.45, 2.75) is 51.6 Å². The minimum Gasteiger partial charge on any atom is -0.452 e. The van der Waals surface area contributed by atoms with Gasteiger partial charge in [-0.1, -0.05) is 0 Å². The Morgan fingerprint density at radius 3 is 2.32 bits per heavy atom. The summed E-state index contributed by atoms with van der Waals surface area (Å²) in [6, 6.07) is 3.09. The van der Waals surface area contributed by atoms with Gasteiger partial charge in [0.15, 0.2) is 6.10 Å². The van der Waals surface area contributed by atoms with Gasteiger partial charge in [-0.15, -0.1) is 0 Å². The number of nitrogens with zero attached hydrogens (tertiary/aromatic N) is 1. The third-order valence-electron chi connectivity index (χ3n) is 6.53. The molecule has 4 aliphatic carbocycles. The van der Waals surface area contributed by atoms with Crippen LogP contribution in [0.5, 0.6) is 0 Å². The maximum Gasteiger partial charge on any atom is 0.312 e. The van der Waals surface area contributed by atoms with Crippen molar-refractivity contribution in [2.24, 2.45) is 23.2 Å². The third kappa shape index (κ3) is 3.36. The number of hydrogen-bond acceptors (Lipinski definition) is 5. The third-order valence-corrected chi connectivity index (χ3v) is 6.53. The van der Waals surface area contributed by atoms with Gasteiger partial charge in [-0.3, -0.25) is 19.7 Å². The van der Waals surface area contributed by atoms with E-state index < -0.39 is 33.9 Å². The first-order chi connectivity index (χ1) is 13.3. The van der Waals surface area contributed by atoms with Gasteiger partial charge in [-0.25, -0.2) is 0 Å². The number of amides is 1. The highest BCUT2D eigenvalue weighted by Crippen LogP contribution is 2.60. The van der Waals surface area contributed by atoms with E-state index in [2.05, 4.69) is 5.32 Å². The number of ether oxygens (including phenoxy) is 1. The van der Waals surface area contributed by atoms with Gasteiger partial charge in [0.05, 0.1) is 10.3 Å². The van der Waals surface area contributed by atoms with E-state index in [1.54, 1.807) is 0 Å². The van der Waals surface area contributed by atoms with Gasteiger partial charge in [0.2, 0.25) is 5.82 Å². The fourth-order valence-electron chi connectivity index (χ4n) is 5.67. The average Bonchev–Trinajstić information content (AvgIpc) is 2.61. The van der Waals surface area contributed by atoms with Crippen molar-refractivity contribution >= 4 is 23.3 Å². The summed E-state index contributed by atoms with van der Waals surface area (Å²) in [4.78, 5) is 35.3. The van der Waals surface area contributed by atoms with Crippen LogP contribution in [0.15, 0.2) is 18.2 Å². The van der Waals surface area contributed by atoms with Crippen molar-refractivity contribution in [3.05, 3.63) is 34.1 Å². The second-order valence-electron chi connectivity index (χ2n) is 8.66. The standard InChI is InChI=1S/C20H23FN2O5/c1-11(18(24)22-15-2-3-16(21)17(7-15)23(26)27)28-19(25)20-8-12-4-13(9-20)6-14(5-12)10-20/h2-3,7,11-14H,4-6,8-10H2,1H3,(H,22,24)/t11-,12?,13?,14?,20?/m0/s1. The number of nitro groups is 1. The Labute approximate surface area is 161 Å². The molecule has 0 radical (unpaired) electrons. The summed E-state index contributed by atoms with van der Waals surface area (Å²) in [7, 11) is 0. The van der Waals surface area contributed by atoms with Crippen molar-refractivity contribution in [1.29, 1.82) is 0 Å². The molecule has 1 N–H and O–H groups in total. The van der Waals surface area contributed by atoms with Gasteiger partial charge >= 0.3 is 11.7 Å². The molecular formula is C20H23FN2O5. The van der Waals surface area contributed by atoms with Crippen LogP contribution in [-0.2, 0) is 14.3 Å². The summed E-state index contributed by atoms with van der Waals surface area (Å²) in [5, 5.41) is 13.3. The van der Waals surface area contributed by atoms with Gasteiger partial charge in [0, 0.05) is 11.8 Å². The van der Waals surface area contributed by atoms with Gasteiger partial charge < -0.3 is 10.1 Å². The molecule has 1 atom stereocenters. The van der Waals surface area contributed by atoms with Crippen LogP contribution in [0.4, 0.5) is 15.8 Å². The molecule has 7 nitrogen and oxygen atoms in total. The van der Waals surface area contributed by atoms with Crippen LogP contribution >= 0.6 is 0 Å². The molecule has 1 aromatic rings. The molecular weight excluding hydrogens is 367 g/mol. The van der Waals surface area contributed by atoms with Crippen molar-refractivity contribution in [3.8, 4) is 0 Å². The second-order valence-corrected chi connectivity index (χ2v) is 8.66. The van der Waals surface area contributed by atoms with Crippen LogP contribution in [0.2, 0.25) is 0 Å². The van der Waals surface area contributed by atoms with E-state index in [4.69, 9.17) is 4.74 Å². The Morgan fingerprint density at radius 2 is 1.79 bits per heavy atom. The quantitative estimate of drug-likeness (QED) is 0.468. The average molecular weight is 390 g/mol. The lowest BCUT2D eigenvalue weighted by atomic mass is 9.49. The number of nitro benzene ring substituents is 1. The lowest BCUT2D eigenvalue weighted by Gasteiger charge is -2.55. The first-order valence-corrected chi connectivity index (χ1v) is 9.71. The molecule has 4 fully saturated rings. The summed E-state index contributed by atoms with van der Waals surface area (Å²) in [5.74, 6) is -0.129. The number of halogens is 1. The number of anilines is 1. The lowest BCUT2D eigenvalue weighted by molar-refractivity contribution is -0.387. The van der Waals surface area contributed by atoms with E-state index in [9.17, 15) is 24.1 Å². The lowest BCUT2D eigenvalue weighted by Crippen LogP contribution is -2.51. The Morgan fingerprint density at radius 1 is 1.21 bits per heavy atom. The maximum absolute atomic E-state index is 13.4. The Hall–Kier alpha value is -2.51. The van der Waals surface area contributed by atoms with E-state index in [1.165, 1.54) is 32.3 Å². The van der Waals surface area contributed by atoms with E-state index in [-0.39, 0.29) is 11.7 Å². The zero-order valence-corrected chi connectivity index (χ0v) is 15.7. The Balaban J connectivity index is 1.40. The minimum atomic E-state index is -1.04. The smallest absolute Gasteiger partial charge is 0.312 e. The predicted octanol–water partition coefficient (Wildman–Crippen LogP) is 3.82. The molecule has 0 saturated heterocycles. The molecule has 0 heterocycles. The highest BCUT2D eigenvalue weighted by Gasteiger charge is 2.55. The minimum absolute atomic E-state index is 0.0794. The number of nitrogens with one attached hydrogen (secondary N) is 1. The van der Waals surface area contributed by atoms with Gasteiger partial charge in [0.25, 0.3) is 5.91 Å². The molecule has 150 valence electrons. The van der Waals surface area contributed by atoms with E-state index in [0.717, 1.165) is 31.4 Å². The molecule has 0 aliphatic heterocycles. The number of carbonyl (C=O) groups is 2. The van der Waals surface area contributed by atoms with Crippen molar-refractivity contribution < 1.29 is 23.6 Å². The van der Waals surface area contributed by atoms with Crippen LogP contribution in [0.1, 0.15) is 45.4 Å². The van der Waals surface area contributed by atoms with Gasteiger partial charge in [-0.05, 0) is 75.3 Å². The van der Waals surface area contributed by atoms with Crippen LogP contribution in [0.3, 0.4) is 0 Å². The van der Waals surface area contributed by atoms with Crippen molar-refractivity contribution in [1.82, 2.24) is 0 Å². The highest BCUT2D eigenvalue weighted by atomic mass is 19.1. The molecule has 1 amide bonds. The Kier molecular flexibility index (Phi) is 4.59. The molecule has 0 spiro atoms. The van der Waals surface area contributed by atoms with E-state index in [1.807, 2.05) is 0 Å². The fourth-order valence-corrected chi connectivity index (χ4v) is 5.67.